The minimum atomic E-state index is -0.270. The monoisotopic (exact) mass is 276 g/mol. The van der Waals surface area contributed by atoms with Crippen LogP contribution in [-0.2, 0) is 4.79 Å². The molecule has 100 valence electrons. The molecule has 1 aliphatic rings. The predicted octanol–water partition coefficient (Wildman–Crippen LogP) is 1.76. The molecule has 0 bridgehead atoms. The van der Waals surface area contributed by atoms with Gasteiger partial charge in [0.2, 0.25) is 5.91 Å². The first-order valence-electron chi connectivity index (χ1n) is 6.36. The number of thiophene rings is 1. The highest BCUT2D eigenvalue weighted by molar-refractivity contribution is 7.18. The molecular formula is C13H16N4OS. The normalized spacial score (nSPS) is 19.3. The van der Waals surface area contributed by atoms with Crippen LogP contribution in [0.5, 0.6) is 0 Å². The molecule has 1 fully saturated rings. The topological polar surface area (TPSA) is 72.1 Å². The molecule has 0 spiro atoms. The number of aryl methyl sites for hydroxylation is 2. The van der Waals surface area contributed by atoms with Gasteiger partial charge < -0.3 is 10.6 Å². The van der Waals surface area contributed by atoms with E-state index in [2.05, 4.69) is 23.8 Å². The average Bonchev–Trinajstić information content (AvgIpc) is 2.96. The van der Waals surface area contributed by atoms with E-state index in [-0.39, 0.29) is 11.9 Å². The van der Waals surface area contributed by atoms with E-state index in [0.29, 0.717) is 0 Å². The predicted molar refractivity (Wildman–Crippen MR) is 76.5 cm³/mol. The van der Waals surface area contributed by atoms with Gasteiger partial charge in [-0.2, -0.15) is 0 Å². The fourth-order valence-electron chi connectivity index (χ4n) is 2.70. The van der Waals surface area contributed by atoms with Gasteiger partial charge in [0.1, 0.15) is 23.0 Å². The highest BCUT2D eigenvalue weighted by Crippen LogP contribution is 2.36. The van der Waals surface area contributed by atoms with Crippen LogP contribution in [0.1, 0.15) is 23.3 Å². The van der Waals surface area contributed by atoms with Crippen molar-refractivity contribution in [3.8, 4) is 0 Å². The molecule has 5 nitrogen and oxygen atoms in total. The number of hydrogen-bond acceptors (Lipinski definition) is 5. The lowest BCUT2D eigenvalue weighted by Gasteiger charge is -2.23. The number of rotatable bonds is 2. The van der Waals surface area contributed by atoms with Gasteiger partial charge in [-0.15, -0.1) is 11.3 Å². The Morgan fingerprint density at radius 2 is 2.26 bits per heavy atom. The number of primary amides is 1. The summed E-state index contributed by atoms with van der Waals surface area (Å²) in [6.07, 6.45) is 3.35. The SMILES string of the molecule is Cc1sc2ncnc(N3CCC[C@@H]3C(N)=O)c2c1C. The molecular weight excluding hydrogens is 260 g/mol. The molecule has 1 saturated heterocycles. The summed E-state index contributed by atoms with van der Waals surface area (Å²) in [7, 11) is 0. The van der Waals surface area contributed by atoms with Gasteiger partial charge in [0.05, 0.1) is 5.39 Å². The minimum Gasteiger partial charge on any atom is -0.368 e. The summed E-state index contributed by atoms with van der Waals surface area (Å²) in [5.74, 6) is 0.585. The van der Waals surface area contributed by atoms with Gasteiger partial charge in [0.25, 0.3) is 0 Å². The third-order valence-electron chi connectivity index (χ3n) is 3.80. The highest BCUT2D eigenvalue weighted by atomic mass is 32.1. The maximum Gasteiger partial charge on any atom is 0.240 e. The molecule has 1 amide bonds. The number of hydrogen-bond donors (Lipinski definition) is 1. The first-order valence-corrected chi connectivity index (χ1v) is 7.18. The van der Waals surface area contributed by atoms with E-state index in [4.69, 9.17) is 5.73 Å². The van der Waals surface area contributed by atoms with E-state index < -0.39 is 0 Å². The molecule has 0 unspecified atom stereocenters. The zero-order chi connectivity index (χ0) is 13.6. The molecule has 19 heavy (non-hydrogen) atoms. The van der Waals surface area contributed by atoms with Crippen LogP contribution in [0.2, 0.25) is 0 Å². The molecule has 3 rings (SSSR count). The second kappa shape index (κ2) is 4.45. The van der Waals surface area contributed by atoms with Crippen LogP contribution in [0.15, 0.2) is 6.33 Å². The van der Waals surface area contributed by atoms with Crippen molar-refractivity contribution >= 4 is 33.3 Å². The molecule has 0 radical (unpaired) electrons. The lowest BCUT2D eigenvalue weighted by Crippen LogP contribution is -2.40. The molecule has 0 aliphatic carbocycles. The summed E-state index contributed by atoms with van der Waals surface area (Å²) < 4.78 is 0. The van der Waals surface area contributed by atoms with Crippen LogP contribution in [0.25, 0.3) is 10.2 Å². The summed E-state index contributed by atoms with van der Waals surface area (Å²) in [5, 5.41) is 1.07. The molecule has 2 N–H and O–H groups in total. The minimum absolute atomic E-state index is 0.238. The zero-order valence-electron chi connectivity index (χ0n) is 11.0. The van der Waals surface area contributed by atoms with Crippen LogP contribution in [0.3, 0.4) is 0 Å². The largest absolute Gasteiger partial charge is 0.368 e. The van der Waals surface area contributed by atoms with Crippen molar-refractivity contribution in [3.05, 3.63) is 16.8 Å². The summed E-state index contributed by atoms with van der Waals surface area (Å²) in [6.45, 7) is 4.99. The fraction of sp³-hybridized carbons (Fsp3) is 0.462. The number of carbonyl (C=O) groups is 1. The summed E-state index contributed by atoms with van der Waals surface area (Å²) in [4.78, 5) is 24.5. The lowest BCUT2D eigenvalue weighted by molar-refractivity contribution is -0.119. The van der Waals surface area contributed by atoms with E-state index in [0.717, 1.165) is 35.4 Å². The maximum absolute atomic E-state index is 11.6. The van der Waals surface area contributed by atoms with E-state index in [1.807, 2.05) is 4.90 Å². The standard InChI is InChI=1S/C13H16N4OS/c1-7-8(2)19-13-10(7)12(15-6-16-13)17-5-3-4-9(17)11(14)18/h6,9H,3-5H2,1-2H3,(H2,14,18)/t9-/m1/s1. The Morgan fingerprint density at radius 1 is 1.47 bits per heavy atom. The molecule has 3 heterocycles. The van der Waals surface area contributed by atoms with Gasteiger partial charge in [-0.05, 0) is 32.3 Å². The number of fused-ring (bicyclic) bond motifs is 1. The van der Waals surface area contributed by atoms with Crippen molar-refractivity contribution in [1.82, 2.24) is 9.97 Å². The van der Waals surface area contributed by atoms with Crippen LogP contribution in [-0.4, -0.2) is 28.5 Å². The van der Waals surface area contributed by atoms with Crippen LogP contribution in [0, 0.1) is 13.8 Å². The van der Waals surface area contributed by atoms with Gasteiger partial charge in [0, 0.05) is 11.4 Å². The van der Waals surface area contributed by atoms with Crippen LogP contribution >= 0.6 is 11.3 Å². The Balaban J connectivity index is 2.17. The van der Waals surface area contributed by atoms with Gasteiger partial charge >= 0.3 is 0 Å². The van der Waals surface area contributed by atoms with E-state index in [1.165, 1.54) is 10.4 Å². The van der Waals surface area contributed by atoms with Gasteiger partial charge in [-0.3, -0.25) is 4.79 Å². The van der Waals surface area contributed by atoms with Crippen molar-refractivity contribution < 1.29 is 4.79 Å². The second-order valence-electron chi connectivity index (χ2n) is 4.91. The highest BCUT2D eigenvalue weighted by Gasteiger charge is 2.31. The van der Waals surface area contributed by atoms with E-state index in [9.17, 15) is 4.79 Å². The Bertz CT molecular complexity index is 651. The lowest BCUT2D eigenvalue weighted by atomic mass is 10.2. The second-order valence-corrected chi connectivity index (χ2v) is 6.12. The van der Waals surface area contributed by atoms with Gasteiger partial charge in [-0.25, -0.2) is 9.97 Å². The third-order valence-corrected chi connectivity index (χ3v) is 4.91. The Hall–Kier alpha value is -1.69. The number of nitrogens with two attached hydrogens (primary N) is 1. The van der Waals surface area contributed by atoms with Crippen molar-refractivity contribution in [1.29, 1.82) is 0 Å². The average molecular weight is 276 g/mol. The van der Waals surface area contributed by atoms with Gasteiger partial charge in [0.15, 0.2) is 0 Å². The number of carbonyl (C=O) groups excluding carboxylic acids is 1. The molecule has 0 saturated carbocycles. The summed E-state index contributed by atoms with van der Waals surface area (Å²) >= 11 is 1.67. The van der Waals surface area contributed by atoms with Crippen molar-refractivity contribution in [2.45, 2.75) is 32.7 Å². The Morgan fingerprint density at radius 3 is 3.00 bits per heavy atom. The van der Waals surface area contributed by atoms with Crippen molar-refractivity contribution in [2.75, 3.05) is 11.4 Å². The molecule has 1 aliphatic heterocycles. The molecule has 1 atom stereocenters. The summed E-state index contributed by atoms with van der Waals surface area (Å²) in [6, 6.07) is -0.238. The number of anilines is 1. The third kappa shape index (κ3) is 1.87. The Labute approximate surface area is 115 Å². The quantitative estimate of drug-likeness (QED) is 0.907. The summed E-state index contributed by atoms with van der Waals surface area (Å²) in [5.41, 5.74) is 6.69. The van der Waals surface area contributed by atoms with Gasteiger partial charge in [-0.1, -0.05) is 0 Å². The zero-order valence-corrected chi connectivity index (χ0v) is 11.8. The number of aromatic nitrogens is 2. The van der Waals surface area contributed by atoms with Crippen LogP contribution < -0.4 is 10.6 Å². The van der Waals surface area contributed by atoms with Crippen LogP contribution in [0.4, 0.5) is 5.82 Å². The van der Waals surface area contributed by atoms with Crippen molar-refractivity contribution in [2.24, 2.45) is 5.73 Å². The number of amides is 1. The van der Waals surface area contributed by atoms with E-state index >= 15 is 0 Å². The Kier molecular flexibility index (Phi) is 2.89. The van der Waals surface area contributed by atoms with Crippen molar-refractivity contribution in [3.63, 3.8) is 0 Å². The fourth-order valence-corrected chi connectivity index (χ4v) is 3.69. The molecule has 2 aromatic heterocycles. The number of nitrogens with zero attached hydrogens (tertiary/aromatic N) is 3. The maximum atomic E-state index is 11.6. The van der Waals surface area contributed by atoms with E-state index in [1.54, 1.807) is 17.7 Å². The first kappa shape index (κ1) is 12.3. The molecule has 0 aromatic carbocycles. The molecule has 6 heteroatoms. The molecule has 2 aromatic rings. The smallest absolute Gasteiger partial charge is 0.240 e. The first-order chi connectivity index (χ1) is 9.09.